The Morgan fingerprint density at radius 1 is 1.19 bits per heavy atom. The molecule has 1 fully saturated rings. The Hall–Kier alpha value is -2.10. The van der Waals surface area contributed by atoms with Crippen LogP contribution < -0.4 is 19.7 Å². The number of hydrogen-bond acceptors (Lipinski definition) is 8. The Morgan fingerprint density at radius 2 is 1.93 bits per heavy atom. The third kappa shape index (κ3) is 4.26. The van der Waals surface area contributed by atoms with Gasteiger partial charge >= 0.3 is 0 Å². The third-order valence-electron chi connectivity index (χ3n) is 4.71. The van der Waals surface area contributed by atoms with Crippen LogP contribution in [0.1, 0.15) is 25.5 Å². The molecule has 1 atom stereocenters. The Morgan fingerprint density at radius 3 is 2.67 bits per heavy atom. The number of nitrogens with one attached hydrogen (secondary N) is 1. The minimum Gasteiger partial charge on any atom is -0.454 e. The van der Waals surface area contributed by atoms with Gasteiger partial charge in [0.05, 0.1) is 0 Å². The second kappa shape index (κ2) is 8.28. The van der Waals surface area contributed by atoms with Crippen molar-refractivity contribution in [2.24, 2.45) is 0 Å². The summed E-state index contributed by atoms with van der Waals surface area (Å²) in [5, 5.41) is 12.3. The molecule has 0 spiro atoms. The Bertz CT molecular complexity index is 810. The molecule has 1 amide bonds. The second-order valence-corrected chi connectivity index (χ2v) is 7.34. The average molecular weight is 412 g/mol. The van der Waals surface area contributed by atoms with Gasteiger partial charge in [0.1, 0.15) is 0 Å². The van der Waals surface area contributed by atoms with Crippen molar-refractivity contribution in [2.75, 3.05) is 43.2 Å². The standard InChI is InChI=1S/C17H21N5O3S.ClH/c1-11(13-3-4-14-15(9-13)25-10-24-14)21-5-7-22(8-6-21)17-20-19-16(26-17)18-12(2)23;/h3-4,9,11H,5-8,10H2,1-2H3,(H,18,19,23);1H/t11-;/m0./s1. The molecule has 1 N–H and O–H groups in total. The summed E-state index contributed by atoms with van der Waals surface area (Å²) >= 11 is 1.41. The molecule has 2 aliphatic heterocycles. The number of hydrogen-bond donors (Lipinski definition) is 1. The molecule has 0 aliphatic carbocycles. The highest BCUT2D eigenvalue weighted by Crippen LogP contribution is 2.35. The number of carbonyl (C=O) groups is 1. The molecule has 10 heteroatoms. The summed E-state index contributed by atoms with van der Waals surface area (Å²) in [6.45, 7) is 7.61. The smallest absolute Gasteiger partial charge is 0.231 e. The first-order valence-electron chi connectivity index (χ1n) is 8.60. The lowest BCUT2D eigenvalue weighted by Gasteiger charge is -2.38. The van der Waals surface area contributed by atoms with Gasteiger partial charge in [-0.15, -0.1) is 22.6 Å². The lowest BCUT2D eigenvalue weighted by atomic mass is 10.1. The molecule has 146 valence electrons. The quantitative estimate of drug-likeness (QED) is 0.827. The maximum absolute atomic E-state index is 11.1. The van der Waals surface area contributed by atoms with E-state index in [-0.39, 0.29) is 18.3 Å². The van der Waals surface area contributed by atoms with Crippen molar-refractivity contribution in [3.05, 3.63) is 23.8 Å². The molecule has 0 saturated carbocycles. The Kier molecular flexibility index (Phi) is 6.03. The van der Waals surface area contributed by atoms with Crippen molar-refractivity contribution in [3.63, 3.8) is 0 Å². The van der Waals surface area contributed by atoms with Crippen molar-refractivity contribution in [3.8, 4) is 11.5 Å². The van der Waals surface area contributed by atoms with Crippen molar-refractivity contribution >= 4 is 39.9 Å². The monoisotopic (exact) mass is 411 g/mol. The molecular formula is C17H22ClN5O3S. The number of aromatic nitrogens is 2. The predicted octanol–water partition coefficient (Wildman–Crippen LogP) is 2.53. The lowest BCUT2D eigenvalue weighted by molar-refractivity contribution is -0.114. The molecule has 0 bridgehead atoms. The Labute approximate surface area is 167 Å². The average Bonchev–Trinajstić information content (AvgIpc) is 3.29. The van der Waals surface area contributed by atoms with Gasteiger partial charge in [-0.05, 0) is 24.6 Å². The van der Waals surface area contributed by atoms with Crippen molar-refractivity contribution in [1.82, 2.24) is 15.1 Å². The summed E-state index contributed by atoms with van der Waals surface area (Å²) in [6, 6.07) is 6.46. The van der Waals surface area contributed by atoms with Gasteiger partial charge in [0.2, 0.25) is 23.0 Å². The number of carbonyl (C=O) groups excluding carboxylic acids is 1. The van der Waals surface area contributed by atoms with Crippen LogP contribution in [-0.2, 0) is 4.79 Å². The van der Waals surface area contributed by atoms with E-state index in [2.05, 4.69) is 44.4 Å². The van der Waals surface area contributed by atoms with Crippen LogP contribution in [0.25, 0.3) is 0 Å². The van der Waals surface area contributed by atoms with Crippen LogP contribution in [0.4, 0.5) is 10.3 Å². The fourth-order valence-electron chi connectivity index (χ4n) is 3.23. The van der Waals surface area contributed by atoms with E-state index in [1.54, 1.807) is 0 Å². The van der Waals surface area contributed by atoms with E-state index in [1.807, 2.05) is 6.07 Å². The van der Waals surface area contributed by atoms with Crippen LogP contribution >= 0.6 is 23.7 Å². The molecule has 27 heavy (non-hydrogen) atoms. The molecular weight excluding hydrogens is 390 g/mol. The molecule has 4 rings (SSSR count). The summed E-state index contributed by atoms with van der Waals surface area (Å²) in [5.41, 5.74) is 1.23. The number of ether oxygens (including phenoxy) is 2. The highest BCUT2D eigenvalue weighted by molar-refractivity contribution is 7.19. The number of halogens is 1. The molecule has 0 radical (unpaired) electrons. The van der Waals surface area contributed by atoms with E-state index in [9.17, 15) is 4.79 Å². The van der Waals surface area contributed by atoms with E-state index in [0.29, 0.717) is 18.0 Å². The zero-order valence-electron chi connectivity index (χ0n) is 15.2. The molecule has 1 aromatic carbocycles. The zero-order chi connectivity index (χ0) is 18.1. The normalized spacial score (nSPS) is 17.3. The van der Waals surface area contributed by atoms with Gasteiger partial charge in [-0.25, -0.2) is 0 Å². The SMILES string of the molecule is CC(=O)Nc1nnc(N2CCN([C@@H](C)c3ccc4c(c3)OCO4)CC2)s1.Cl. The molecule has 2 aromatic rings. The van der Waals surface area contributed by atoms with Crippen molar-refractivity contribution in [1.29, 1.82) is 0 Å². The molecule has 1 saturated heterocycles. The van der Waals surface area contributed by atoms with Crippen molar-refractivity contribution in [2.45, 2.75) is 19.9 Å². The van der Waals surface area contributed by atoms with Gasteiger partial charge in [-0.1, -0.05) is 17.4 Å². The number of fused-ring (bicyclic) bond motifs is 1. The first-order chi connectivity index (χ1) is 12.6. The Balaban J connectivity index is 0.00000210. The van der Waals surface area contributed by atoms with E-state index < -0.39 is 0 Å². The maximum Gasteiger partial charge on any atom is 0.231 e. The van der Waals surface area contributed by atoms with Gasteiger partial charge in [-0.3, -0.25) is 9.69 Å². The largest absolute Gasteiger partial charge is 0.454 e. The summed E-state index contributed by atoms with van der Waals surface area (Å²) in [4.78, 5) is 15.8. The summed E-state index contributed by atoms with van der Waals surface area (Å²) in [7, 11) is 0. The first-order valence-corrected chi connectivity index (χ1v) is 9.41. The van der Waals surface area contributed by atoms with Crippen molar-refractivity contribution < 1.29 is 14.3 Å². The number of piperazine rings is 1. The zero-order valence-corrected chi connectivity index (χ0v) is 16.8. The molecule has 1 aromatic heterocycles. The van der Waals surface area contributed by atoms with Gasteiger partial charge in [0, 0.05) is 39.1 Å². The first kappa shape index (κ1) is 19.7. The minimum atomic E-state index is -0.130. The number of rotatable bonds is 4. The van der Waals surface area contributed by atoms with E-state index in [4.69, 9.17) is 9.47 Å². The summed E-state index contributed by atoms with van der Waals surface area (Å²) in [6.07, 6.45) is 0. The number of amides is 1. The second-order valence-electron chi connectivity index (χ2n) is 6.38. The summed E-state index contributed by atoms with van der Waals surface area (Å²) < 4.78 is 10.9. The van der Waals surface area contributed by atoms with E-state index in [1.165, 1.54) is 23.8 Å². The molecule has 3 heterocycles. The van der Waals surface area contributed by atoms with Gasteiger partial charge in [-0.2, -0.15) is 0 Å². The fourth-order valence-corrected chi connectivity index (χ4v) is 4.07. The third-order valence-corrected chi connectivity index (χ3v) is 5.61. The van der Waals surface area contributed by atoms with Crippen LogP contribution in [0.15, 0.2) is 18.2 Å². The number of nitrogens with zero attached hydrogens (tertiary/aromatic N) is 4. The number of benzene rings is 1. The van der Waals surface area contributed by atoms with Crippen LogP contribution in [0.3, 0.4) is 0 Å². The maximum atomic E-state index is 11.1. The predicted molar refractivity (Wildman–Crippen MR) is 106 cm³/mol. The van der Waals surface area contributed by atoms with E-state index >= 15 is 0 Å². The topological polar surface area (TPSA) is 79.8 Å². The minimum absolute atomic E-state index is 0. The lowest BCUT2D eigenvalue weighted by Crippen LogP contribution is -2.47. The molecule has 8 nitrogen and oxygen atoms in total. The van der Waals surface area contributed by atoms with Crippen LogP contribution in [0, 0.1) is 0 Å². The van der Waals surface area contributed by atoms with E-state index in [0.717, 1.165) is 42.8 Å². The highest BCUT2D eigenvalue weighted by atomic mass is 35.5. The van der Waals surface area contributed by atoms with Gasteiger partial charge < -0.3 is 19.7 Å². The number of anilines is 2. The molecule has 0 unspecified atom stereocenters. The van der Waals surface area contributed by atoms with Crippen LogP contribution in [-0.4, -0.2) is 54.0 Å². The highest BCUT2D eigenvalue weighted by Gasteiger charge is 2.25. The van der Waals surface area contributed by atoms with Crippen LogP contribution in [0.2, 0.25) is 0 Å². The molecule has 2 aliphatic rings. The fraction of sp³-hybridized carbons (Fsp3) is 0.471. The van der Waals surface area contributed by atoms with Crippen LogP contribution in [0.5, 0.6) is 11.5 Å². The van der Waals surface area contributed by atoms with Gasteiger partial charge in [0.15, 0.2) is 11.5 Å². The summed E-state index contributed by atoms with van der Waals surface area (Å²) in [5.74, 6) is 1.51. The van der Waals surface area contributed by atoms with Gasteiger partial charge in [0.25, 0.3) is 0 Å².